The van der Waals surface area contributed by atoms with Crippen molar-refractivity contribution in [3.8, 4) is 0 Å². The summed E-state index contributed by atoms with van der Waals surface area (Å²) in [7, 11) is 0. The van der Waals surface area contributed by atoms with Crippen molar-refractivity contribution in [3.05, 3.63) is 35.4 Å². The van der Waals surface area contributed by atoms with Crippen LogP contribution >= 0.6 is 15.9 Å². The van der Waals surface area contributed by atoms with Gasteiger partial charge in [-0.1, -0.05) is 47.1 Å². The maximum atomic E-state index is 3.63. The predicted molar refractivity (Wildman–Crippen MR) is 65.1 cm³/mol. The standard InChI is InChI=1S/C13H17Br/c1-2-10-3-5-11(6-4-10)13(9-14)12-7-8-12/h3-6,12-13H,2,7-9H2,1H3. The number of alkyl halides is 1. The molecule has 0 spiro atoms. The van der Waals surface area contributed by atoms with Gasteiger partial charge in [0.05, 0.1) is 0 Å². The van der Waals surface area contributed by atoms with Crippen molar-refractivity contribution in [2.45, 2.75) is 32.1 Å². The van der Waals surface area contributed by atoms with Crippen molar-refractivity contribution in [1.82, 2.24) is 0 Å². The van der Waals surface area contributed by atoms with Crippen LogP contribution in [0.2, 0.25) is 0 Å². The van der Waals surface area contributed by atoms with Crippen LogP contribution in [-0.2, 0) is 6.42 Å². The molecule has 0 N–H and O–H groups in total. The molecular formula is C13H17Br. The van der Waals surface area contributed by atoms with Gasteiger partial charge < -0.3 is 0 Å². The zero-order valence-electron chi connectivity index (χ0n) is 8.67. The maximum absolute atomic E-state index is 3.63. The smallest absolute Gasteiger partial charge is 0.0103 e. The van der Waals surface area contributed by atoms with Crippen LogP contribution in [0.25, 0.3) is 0 Å². The third-order valence-electron chi connectivity index (χ3n) is 3.17. The Hall–Kier alpha value is -0.300. The van der Waals surface area contributed by atoms with Crippen LogP contribution in [0.15, 0.2) is 24.3 Å². The molecule has 0 amide bonds. The first kappa shape index (κ1) is 10.2. The van der Waals surface area contributed by atoms with Crippen LogP contribution in [0, 0.1) is 5.92 Å². The highest BCUT2D eigenvalue weighted by atomic mass is 79.9. The number of hydrogen-bond acceptors (Lipinski definition) is 0. The van der Waals surface area contributed by atoms with E-state index in [9.17, 15) is 0 Å². The fraction of sp³-hybridized carbons (Fsp3) is 0.538. The summed E-state index contributed by atoms with van der Waals surface area (Å²) in [6.45, 7) is 2.21. The van der Waals surface area contributed by atoms with Crippen LogP contribution in [0.1, 0.15) is 36.8 Å². The van der Waals surface area contributed by atoms with Crippen LogP contribution in [0.5, 0.6) is 0 Å². The first-order valence-electron chi connectivity index (χ1n) is 5.50. The van der Waals surface area contributed by atoms with Crippen molar-refractivity contribution in [2.24, 2.45) is 5.92 Å². The Bertz CT molecular complexity index is 285. The van der Waals surface area contributed by atoms with Gasteiger partial charge in [-0.2, -0.15) is 0 Å². The predicted octanol–water partition coefficient (Wildman–Crippen LogP) is 4.14. The lowest BCUT2D eigenvalue weighted by molar-refractivity contribution is 0.677. The summed E-state index contributed by atoms with van der Waals surface area (Å²) < 4.78 is 0. The topological polar surface area (TPSA) is 0 Å². The van der Waals surface area contributed by atoms with E-state index in [0.29, 0.717) is 0 Å². The van der Waals surface area contributed by atoms with Crippen molar-refractivity contribution < 1.29 is 0 Å². The van der Waals surface area contributed by atoms with E-state index in [1.54, 1.807) is 0 Å². The van der Waals surface area contributed by atoms with Crippen LogP contribution in [0.3, 0.4) is 0 Å². The third kappa shape index (κ3) is 2.20. The molecule has 1 atom stereocenters. The highest BCUT2D eigenvalue weighted by Gasteiger charge is 2.31. The molecule has 1 aromatic rings. The van der Waals surface area contributed by atoms with Gasteiger partial charge in [-0.05, 0) is 42.2 Å². The lowest BCUT2D eigenvalue weighted by Gasteiger charge is -2.13. The number of aryl methyl sites for hydroxylation is 1. The molecule has 14 heavy (non-hydrogen) atoms. The molecule has 0 radical (unpaired) electrons. The van der Waals surface area contributed by atoms with Crippen molar-refractivity contribution in [3.63, 3.8) is 0 Å². The van der Waals surface area contributed by atoms with Gasteiger partial charge in [0, 0.05) is 5.33 Å². The fourth-order valence-electron chi connectivity index (χ4n) is 1.99. The summed E-state index contributed by atoms with van der Waals surface area (Å²) in [5.74, 6) is 1.70. The molecule has 0 aliphatic heterocycles. The minimum Gasteiger partial charge on any atom is -0.0921 e. The van der Waals surface area contributed by atoms with E-state index < -0.39 is 0 Å². The van der Waals surface area contributed by atoms with E-state index in [4.69, 9.17) is 0 Å². The maximum Gasteiger partial charge on any atom is 0.0103 e. The third-order valence-corrected chi connectivity index (χ3v) is 3.87. The second-order valence-corrected chi connectivity index (χ2v) is 4.84. The zero-order valence-corrected chi connectivity index (χ0v) is 10.3. The molecule has 2 rings (SSSR count). The molecule has 0 bridgehead atoms. The molecule has 0 saturated heterocycles. The van der Waals surface area contributed by atoms with E-state index in [2.05, 4.69) is 47.1 Å². The fourth-order valence-corrected chi connectivity index (χ4v) is 2.89. The van der Waals surface area contributed by atoms with Crippen molar-refractivity contribution >= 4 is 15.9 Å². The van der Waals surface area contributed by atoms with Crippen molar-refractivity contribution in [1.29, 1.82) is 0 Å². The van der Waals surface area contributed by atoms with Gasteiger partial charge in [-0.3, -0.25) is 0 Å². The normalized spacial score (nSPS) is 18.1. The first-order valence-corrected chi connectivity index (χ1v) is 6.62. The molecule has 1 heteroatoms. The van der Waals surface area contributed by atoms with E-state index in [0.717, 1.165) is 23.6 Å². The summed E-state index contributed by atoms with van der Waals surface area (Å²) in [6.07, 6.45) is 3.99. The lowest BCUT2D eigenvalue weighted by Crippen LogP contribution is -2.02. The summed E-state index contributed by atoms with van der Waals surface area (Å²) >= 11 is 3.63. The largest absolute Gasteiger partial charge is 0.0921 e. The van der Waals surface area contributed by atoms with E-state index in [1.807, 2.05) is 0 Å². The van der Waals surface area contributed by atoms with Gasteiger partial charge in [0.1, 0.15) is 0 Å². The van der Waals surface area contributed by atoms with Gasteiger partial charge in [-0.15, -0.1) is 0 Å². The molecule has 1 aliphatic rings. The van der Waals surface area contributed by atoms with E-state index in [1.165, 1.54) is 24.0 Å². The Balaban J connectivity index is 2.13. The molecule has 76 valence electrons. The first-order chi connectivity index (χ1) is 6.85. The molecule has 1 aliphatic carbocycles. The van der Waals surface area contributed by atoms with Gasteiger partial charge in [0.2, 0.25) is 0 Å². The molecule has 0 aromatic heterocycles. The molecule has 1 unspecified atom stereocenters. The average molecular weight is 253 g/mol. The van der Waals surface area contributed by atoms with Gasteiger partial charge in [0.25, 0.3) is 0 Å². The number of halogens is 1. The molecule has 1 saturated carbocycles. The summed E-state index contributed by atoms with van der Waals surface area (Å²) in [5.41, 5.74) is 2.96. The Labute approximate surface area is 94.8 Å². The average Bonchev–Trinajstić information content (AvgIpc) is 3.04. The second kappa shape index (κ2) is 4.48. The quantitative estimate of drug-likeness (QED) is 0.707. The summed E-state index contributed by atoms with van der Waals surface area (Å²) in [4.78, 5) is 0. The minimum atomic E-state index is 0.751. The Morgan fingerprint density at radius 1 is 1.29 bits per heavy atom. The van der Waals surface area contributed by atoms with Gasteiger partial charge >= 0.3 is 0 Å². The van der Waals surface area contributed by atoms with Crippen LogP contribution < -0.4 is 0 Å². The molecule has 1 fully saturated rings. The van der Waals surface area contributed by atoms with Gasteiger partial charge in [-0.25, -0.2) is 0 Å². The monoisotopic (exact) mass is 252 g/mol. The Morgan fingerprint density at radius 2 is 1.93 bits per heavy atom. The van der Waals surface area contributed by atoms with Crippen LogP contribution in [-0.4, -0.2) is 5.33 Å². The summed E-state index contributed by atoms with van der Waals surface area (Å²) in [6, 6.07) is 9.16. The highest BCUT2D eigenvalue weighted by Crippen LogP contribution is 2.43. The van der Waals surface area contributed by atoms with Crippen LogP contribution in [0.4, 0.5) is 0 Å². The van der Waals surface area contributed by atoms with E-state index >= 15 is 0 Å². The number of hydrogen-bond donors (Lipinski definition) is 0. The Morgan fingerprint density at radius 3 is 2.36 bits per heavy atom. The highest BCUT2D eigenvalue weighted by molar-refractivity contribution is 9.09. The summed E-state index contributed by atoms with van der Waals surface area (Å²) in [5, 5.41) is 1.11. The SMILES string of the molecule is CCc1ccc(C(CBr)C2CC2)cc1. The molecule has 1 aromatic carbocycles. The molecule has 0 nitrogen and oxygen atoms in total. The minimum absolute atomic E-state index is 0.751. The Kier molecular flexibility index (Phi) is 3.27. The van der Waals surface area contributed by atoms with Gasteiger partial charge in [0.15, 0.2) is 0 Å². The zero-order chi connectivity index (χ0) is 9.97. The second-order valence-electron chi connectivity index (χ2n) is 4.19. The lowest BCUT2D eigenvalue weighted by atomic mass is 9.95. The van der Waals surface area contributed by atoms with E-state index in [-0.39, 0.29) is 0 Å². The molecular weight excluding hydrogens is 236 g/mol. The number of rotatable bonds is 4. The number of benzene rings is 1. The molecule has 0 heterocycles. The van der Waals surface area contributed by atoms with Crippen molar-refractivity contribution in [2.75, 3.05) is 5.33 Å².